The van der Waals surface area contributed by atoms with Gasteiger partial charge in [-0.05, 0) is 29.3 Å². The molecule has 1 aromatic heterocycles. The molecule has 0 amide bonds. The van der Waals surface area contributed by atoms with E-state index in [2.05, 4.69) is 85.4 Å². The first-order valence-corrected chi connectivity index (χ1v) is 11.9. The summed E-state index contributed by atoms with van der Waals surface area (Å²) in [6, 6.07) is 26.6. The van der Waals surface area contributed by atoms with Crippen LogP contribution in [0, 0.1) is 0 Å². The smallest absolute Gasteiger partial charge is 0.230 e. The van der Waals surface area contributed by atoms with Gasteiger partial charge >= 0.3 is 0 Å². The van der Waals surface area contributed by atoms with Crippen LogP contribution in [0.2, 0.25) is 10.0 Å². The molecule has 1 aliphatic rings. The van der Waals surface area contributed by atoms with Gasteiger partial charge in [0.05, 0.1) is 11.1 Å². The summed E-state index contributed by atoms with van der Waals surface area (Å²) in [6.45, 7) is 3.24. The van der Waals surface area contributed by atoms with Crippen molar-refractivity contribution in [3.05, 3.63) is 100 Å². The first kappa shape index (κ1) is 22.6. The molecule has 172 valence electrons. The molecule has 0 bridgehead atoms. The summed E-state index contributed by atoms with van der Waals surface area (Å²) in [5.74, 6) is 1.13. The highest BCUT2D eigenvalue weighted by Gasteiger charge is 2.27. The van der Waals surface area contributed by atoms with E-state index in [1.54, 1.807) is 18.2 Å². The number of anilines is 2. The highest BCUT2D eigenvalue weighted by atomic mass is 35.5. The van der Waals surface area contributed by atoms with Gasteiger partial charge in [0.2, 0.25) is 11.9 Å². The minimum absolute atomic E-state index is 0.157. The second-order valence-corrected chi connectivity index (χ2v) is 9.03. The Kier molecular flexibility index (Phi) is 6.63. The van der Waals surface area contributed by atoms with Crippen molar-refractivity contribution in [1.82, 2.24) is 19.9 Å². The molecule has 3 aromatic carbocycles. The fourth-order valence-electron chi connectivity index (χ4n) is 4.38. The predicted molar refractivity (Wildman–Crippen MR) is 138 cm³/mol. The lowest BCUT2D eigenvalue weighted by atomic mass is 9.96. The van der Waals surface area contributed by atoms with Gasteiger partial charge in [-0.1, -0.05) is 83.9 Å². The van der Waals surface area contributed by atoms with Gasteiger partial charge in [-0.15, -0.1) is 0 Å². The first-order chi connectivity index (χ1) is 16.6. The van der Waals surface area contributed by atoms with Gasteiger partial charge in [0.15, 0.2) is 5.82 Å². The monoisotopic (exact) mass is 490 g/mol. The lowest BCUT2D eigenvalue weighted by Gasteiger charge is -2.39. The third-order valence-electron chi connectivity index (χ3n) is 6.00. The number of nitrogens with zero attached hydrogens (tertiary/aromatic N) is 5. The zero-order valence-electron chi connectivity index (χ0n) is 18.5. The van der Waals surface area contributed by atoms with Crippen molar-refractivity contribution in [3.63, 3.8) is 0 Å². The van der Waals surface area contributed by atoms with Crippen molar-refractivity contribution in [2.45, 2.75) is 6.04 Å². The molecule has 1 aliphatic heterocycles. The maximum atomic E-state index is 6.37. The van der Waals surface area contributed by atoms with E-state index in [-0.39, 0.29) is 12.0 Å². The molecule has 1 fully saturated rings. The number of halogens is 2. The zero-order chi connectivity index (χ0) is 23.5. The van der Waals surface area contributed by atoms with Crippen molar-refractivity contribution in [1.29, 1.82) is 0 Å². The molecule has 0 spiro atoms. The molecular formula is C26H24Cl2N6. The molecular weight excluding hydrogens is 467 g/mol. The summed E-state index contributed by atoms with van der Waals surface area (Å²) in [6.07, 6.45) is 0. The summed E-state index contributed by atoms with van der Waals surface area (Å²) in [4.78, 5) is 18.0. The topological polar surface area (TPSA) is 71.2 Å². The Morgan fingerprint density at radius 2 is 1.35 bits per heavy atom. The zero-order valence-corrected chi connectivity index (χ0v) is 20.0. The largest absolute Gasteiger partial charge is 0.368 e. The highest BCUT2D eigenvalue weighted by Crippen LogP contribution is 2.32. The van der Waals surface area contributed by atoms with Gasteiger partial charge in [-0.3, -0.25) is 4.90 Å². The molecule has 0 atom stereocenters. The standard InChI is InChI=1S/C26H24Cl2N6/c27-20-11-12-22(28)21(17-20)24-30-25(29)32-26(31-24)34-15-13-33(14-16-34)23(18-7-3-1-4-8-18)19-9-5-2-6-10-19/h1-12,17,23H,13-16H2,(H2,29,30,31,32). The fraction of sp³-hybridized carbons (Fsp3) is 0.192. The van der Waals surface area contributed by atoms with Crippen LogP contribution in [0.5, 0.6) is 0 Å². The minimum atomic E-state index is 0.157. The van der Waals surface area contributed by atoms with Crippen molar-refractivity contribution >= 4 is 35.1 Å². The van der Waals surface area contributed by atoms with E-state index in [0.29, 0.717) is 27.4 Å². The van der Waals surface area contributed by atoms with Crippen LogP contribution in [0.25, 0.3) is 11.4 Å². The molecule has 4 aromatic rings. The van der Waals surface area contributed by atoms with Crippen LogP contribution in [0.1, 0.15) is 17.2 Å². The highest BCUT2D eigenvalue weighted by molar-refractivity contribution is 6.35. The first-order valence-electron chi connectivity index (χ1n) is 11.1. The lowest BCUT2D eigenvalue weighted by Crippen LogP contribution is -2.48. The van der Waals surface area contributed by atoms with Crippen LogP contribution in [-0.4, -0.2) is 46.0 Å². The Labute approximate surface area is 209 Å². The molecule has 6 nitrogen and oxygen atoms in total. The summed E-state index contributed by atoms with van der Waals surface area (Å²) >= 11 is 12.5. The van der Waals surface area contributed by atoms with E-state index in [4.69, 9.17) is 28.9 Å². The molecule has 0 radical (unpaired) electrons. The van der Waals surface area contributed by atoms with Crippen LogP contribution in [-0.2, 0) is 0 Å². The van der Waals surface area contributed by atoms with Crippen molar-refractivity contribution in [2.75, 3.05) is 36.8 Å². The van der Waals surface area contributed by atoms with Crippen LogP contribution in [0.15, 0.2) is 78.9 Å². The average molecular weight is 491 g/mol. The molecule has 0 aliphatic carbocycles. The number of hydrogen-bond donors (Lipinski definition) is 1. The SMILES string of the molecule is Nc1nc(-c2cc(Cl)ccc2Cl)nc(N2CCN(C(c3ccccc3)c3ccccc3)CC2)n1. The van der Waals surface area contributed by atoms with Gasteiger partial charge in [0.1, 0.15) is 0 Å². The van der Waals surface area contributed by atoms with Crippen LogP contribution >= 0.6 is 23.2 Å². The average Bonchev–Trinajstić information content (AvgIpc) is 2.87. The molecule has 1 saturated heterocycles. The summed E-state index contributed by atoms with van der Waals surface area (Å²) in [5, 5.41) is 1.07. The van der Waals surface area contributed by atoms with E-state index >= 15 is 0 Å². The molecule has 5 rings (SSSR count). The minimum Gasteiger partial charge on any atom is -0.368 e. The molecule has 8 heteroatoms. The Bertz CT molecular complexity index is 1220. The Hall–Kier alpha value is -3.19. The second-order valence-electron chi connectivity index (χ2n) is 8.19. The Morgan fingerprint density at radius 3 is 1.97 bits per heavy atom. The predicted octanol–water partition coefficient (Wildman–Crippen LogP) is 5.34. The number of rotatable bonds is 5. The van der Waals surface area contributed by atoms with E-state index in [0.717, 1.165) is 26.2 Å². The Balaban J connectivity index is 1.39. The van der Waals surface area contributed by atoms with E-state index in [1.807, 2.05) is 0 Å². The van der Waals surface area contributed by atoms with E-state index in [9.17, 15) is 0 Å². The number of aromatic nitrogens is 3. The molecule has 34 heavy (non-hydrogen) atoms. The molecule has 2 N–H and O–H groups in total. The van der Waals surface area contributed by atoms with Gasteiger partial charge < -0.3 is 10.6 Å². The number of nitrogens with two attached hydrogens (primary N) is 1. The van der Waals surface area contributed by atoms with E-state index in [1.165, 1.54) is 11.1 Å². The van der Waals surface area contributed by atoms with Gasteiger partial charge in [-0.2, -0.15) is 15.0 Å². The molecule has 2 heterocycles. The Morgan fingerprint density at radius 1 is 0.735 bits per heavy atom. The number of benzene rings is 3. The van der Waals surface area contributed by atoms with E-state index < -0.39 is 0 Å². The third-order valence-corrected chi connectivity index (χ3v) is 6.57. The molecule has 0 saturated carbocycles. The molecule has 0 unspecified atom stereocenters. The number of hydrogen-bond acceptors (Lipinski definition) is 6. The summed E-state index contributed by atoms with van der Waals surface area (Å²) in [5.41, 5.74) is 9.24. The summed E-state index contributed by atoms with van der Waals surface area (Å²) in [7, 11) is 0. The maximum Gasteiger partial charge on any atom is 0.230 e. The lowest BCUT2D eigenvalue weighted by molar-refractivity contribution is 0.211. The third kappa shape index (κ3) is 4.85. The van der Waals surface area contributed by atoms with Gasteiger partial charge in [-0.25, -0.2) is 0 Å². The van der Waals surface area contributed by atoms with Crippen molar-refractivity contribution < 1.29 is 0 Å². The van der Waals surface area contributed by atoms with Crippen LogP contribution < -0.4 is 10.6 Å². The normalized spacial score (nSPS) is 14.5. The fourth-order valence-corrected chi connectivity index (χ4v) is 4.75. The van der Waals surface area contributed by atoms with Crippen LogP contribution in [0.4, 0.5) is 11.9 Å². The second kappa shape index (κ2) is 9.97. The van der Waals surface area contributed by atoms with Crippen molar-refractivity contribution in [3.8, 4) is 11.4 Å². The van der Waals surface area contributed by atoms with Gasteiger partial charge in [0.25, 0.3) is 0 Å². The quantitative estimate of drug-likeness (QED) is 0.407. The van der Waals surface area contributed by atoms with Crippen molar-refractivity contribution in [2.24, 2.45) is 0 Å². The number of nitrogen functional groups attached to an aromatic ring is 1. The summed E-state index contributed by atoms with van der Waals surface area (Å²) < 4.78 is 0. The van der Waals surface area contributed by atoms with Crippen LogP contribution in [0.3, 0.4) is 0 Å². The maximum absolute atomic E-state index is 6.37. The number of piperazine rings is 1. The van der Waals surface area contributed by atoms with Gasteiger partial charge in [0, 0.05) is 36.8 Å².